The van der Waals surface area contributed by atoms with E-state index in [4.69, 9.17) is 0 Å². The Morgan fingerprint density at radius 1 is 0.688 bits per heavy atom. The topological polar surface area (TPSA) is 40.5 Å². The van der Waals surface area contributed by atoms with Gasteiger partial charge in [-0.3, -0.25) is 0 Å². The maximum absolute atomic E-state index is 9.21. The molecule has 2 aromatic rings. The highest BCUT2D eigenvalue weighted by Gasteiger charge is 2.07. The lowest BCUT2D eigenvalue weighted by Crippen LogP contribution is -1.94. The summed E-state index contributed by atoms with van der Waals surface area (Å²) in [6.45, 7) is 2.10. The molecule has 2 rings (SSSR count). The second-order valence-electron chi connectivity index (χ2n) is 3.90. The van der Waals surface area contributed by atoms with Crippen LogP contribution in [0.2, 0.25) is 0 Å². The SMILES string of the molecule is CC(c1ccc(O)cc1)[13c]1[13cH][13cH][13c](O)[13cH][13cH]1. The van der Waals surface area contributed by atoms with E-state index in [1.165, 1.54) is 0 Å². The van der Waals surface area contributed by atoms with Crippen LogP contribution in [0.1, 0.15) is 24.0 Å². The quantitative estimate of drug-likeness (QED) is 0.815. The van der Waals surface area contributed by atoms with Crippen molar-refractivity contribution >= 4 is 0 Å². The van der Waals surface area contributed by atoms with Crippen LogP contribution in [0, 0.1) is 0 Å². The van der Waals surface area contributed by atoms with Crippen molar-refractivity contribution in [1.29, 1.82) is 0 Å². The molecule has 0 saturated carbocycles. The van der Waals surface area contributed by atoms with Gasteiger partial charge in [0.25, 0.3) is 0 Å². The van der Waals surface area contributed by atoms with Crippen LogP contribution in [0.25, 0.3) is 0 Å². The maximum atomic E-state index is 9.21. The Morgan fingerprint density at radius 3 is 1.31 bits per heavy atom. The molecule has 0 bridgehead atoms. The van der Waals surface area contributed by atoms with Crippen molar-refractivity contribution in [3.05, 3.63) is 59.7 Å². The fourth-order valence-corrected chi connectivity index (χ4v) is 1.72. The first-order chi connectivity index (χ1) is 7.66. The summed E-state index contributed by atoms with van der Waals surface area (Å²) in [6.07, 6.45) is 0. The molecule has 2 heteroatoms. The molecule has 2 aromatic carbocycles. The van der Waals surface area contributed by atoms with Crippen molar-refractivity contribution < 1.29 is 10.2 Å². The van der Waals surface area contributed by atoms with E-state index >= 15 is 0 Å². The monoisotopic (exact) mass is 220 g/mol. The summed E-state index contributed by atoms with van der Waals surface area (Å²) >= 11 is 0. The number of hydrogen-bond donors (Lipinski definition) is 2. The molecule has 2 N–H and O–H groups in total. The van der Waals surface area contributed by atoms with Gasteiger partial charge in [-0.15, -0.1) is 0 Å². The Bertz CT molecular complexity index is 412. The molecule has 0 spiro atoms. The lowest BCUT2D eigenvalue weighted by molar-refractivity contribution is 0.475. The molecule has 2 nitrogen and oxygen atoms in total. The third-order valence-electron chi connectivity index (χ3n) is 2.79. The Labute approximate surface area is 94.8 Å². The molecule has 82 valence electrons. The average Bonchev–Trinajstić information content (AvgIpc) is 2.30. The zero-order chi connectivity index (χ0) is 11.5. The summed E-state index contributed by atoms with van der Waals surface area (Å²) < 4.78 is 0. The van der Waals surface area contributed by atoms with E-state index in [0.29, 0.717) is 0 Å². The molecular weight excluding hydrogens is 206 g/mol. The molecule has 0 aromatic heterocycles. The molecule has 0 aliphatic rings. The maximum Gasteiger partial charge on any atom is 0.115 e. The van der Waals surface area contributed by atoms with Crippen LogP contribution in [-0.2, 0) is 0 Å². The van der Waals surface area contributed by atoms with E-state index in [1.807, 2.05) is 24.3 Å². The summed E-state index contributed by atoms with van der Waals surface area (Å²) in [5.74, 6) is 0.810. The average molecular weight is 220 g/mol. The minimum absolute atomic E-state index is 0.251. The molecule has 0 radical (unpaired) electrons. The van der Waals surface area contributed by atoms with E-state index in [0.717, 1.165) is 11.1 Å². The first kappa shape index (κ1) is 10.6. The summed E-state index contributed by atoms with van der Waals surface area (Å²) in [6, 6.07) is 14.4. The second kappa shape index (κ2) is 4.27. The van der Waals surface area contributed by atoms with E-state index in [1.54, 1.807) is 24.3 Å². The molecule has 0 fully saturated rings. The van der Waals surface area contributed by atoms with Crippen LogP contribution >= 0.6 is 0 Å². The molecule has 0 aliphatic heterocycles. The molecule has 0 heterocycles. The molecule has 16 heavy (non-hydrogen) atoms. The zero-order valence-corrected chi connectivity index (χ0v) is 9.09. The van der Waals surface area contributed by atoms with Gasteiger partial charge in [0.1, 0.15) is 11.5 Å². The van der Waals surface area contributed by atoms with Gasteiger partial charge in [-0.05, 0) is 35.4 Å². The number of phenolic OH excluding ortho intramolecular Hbond substituents is 2. The van der Waals surface area contributed by atoms with Crippen LogP contribution in [0.15, 0.2) is 48.5 Å². The molecule has 1 atom stereocenters. The zero-order valence-electron chi connectivity index (χ0n) is 9.09. The Morgan fingerprint density at radius 2 is 1.00 bits per heavy atom. The molecule has 1 unspecified atom stereocenters. The first-order valence-corrected chi connectivity index (χ1v) is 5.24. The van der Waals surface area contributed by atoms with Crippen molar-refractivity contribution in [2.24, 2.45) is 0 Å². The summed E-state index contributed by atoms with van der Waals surface area (Å²) in [7, 11) is 0. The summed E-state index contributed by atoms with van der Waals surface area (Å²) in [5, 5.41) is 18.4. The van der Waals surface area contributed by atoms with Crippen LogP contribution in [-0.4, -0.2) is 10.2 Å². The van der Waals surface area contributed by atoms with Crippen molar-refractivity contribution in [2.75, 3.05) is 0 Å². The number of hydrogen-bond acceptors (Lipinski definition) is 2. The molecule has 0 aliphatic carbocycles. The predicted octanol–water partition coefficient (Wildman–Crippen LogP) is 3.25. The highest BCUT2D eigenvalue weighted by atomic mass is 16.3. The van der Waals surface area contributed by atoms with Crippen molar-refractivity contribution in [3.8, 4) is 11.5 Å². The van der Waals surface area contributed by atoms with Gasteiger partial charge >= 0.3 is 0 Å². The Kier molecular flexibility index (Phi) is 2.82. The van der Waals surface area contributed by atoms with Crippen LogP contribution < -0.4 is 0 Å². The van der Waals surface area contributed by atoms with Gasteiger partial charge in [0.2, 0.25) is 0 Å². The van der Waals surface area contributed by atoms with Crippen molar-refractivity contribution in [1.82, 2.24) is 0 Å². The van der Waals surface area contributed by atoms with Gasteiger partial charge < -0.3 is 10.2 Å². The minimum atomic E-state index is 0.251. The lowest BCUT2D eigenvalue weighted by atomic mass is 10.1. The van der Waals surface area contributed by atoms with E-state index in [9.17, 15) is 10.2 Å². The van der Waals surface area contributed by atoms with E-state index in [-0.39, 0.29) is 17.4 Å². The predicted molar refractivity (Wildman–Crippen MR) is 63.7 cm³/mol. The largest absolute Gasteiger partial charge is 0.508 e. The number of aromatic hydroxyl groups is 2. The number of benzene rings is 2. The molecule has 0 amide bonds. The fourth-order valence-electron chi connectivity index (χ4n) is 1.72. The molecule has 0 saturated heterocycles. The van der Waals surface area contributed by atoms with Gasteiger partial charge in [0, 0.05) is 5.92 Å². The van der Waals surface area contributed by atoms with Crippen LogP contribution in [0.4, 0.5) is 0 Å². The normalized spacial score (nSPS) is 12.3. The Hall–Kier alpha value is -1.96. The smallest absolute Gasteiger partial charge is 0.115 e. The van der Waals surface area contributed by atoms with Gasteiger partial charge in [0.05, 0.1) is 0 Å². The van der Waals surface area contributed by atoms with E-state index < -0.39 is 0 Å². The van der Waals surface area contributed by atoms with Gasteiger partial charge in [0.15, 0.2) is 0 Å². The summed E-state index contributed by atoms with van der Waals surface area (Å²) in [5.41, 5.74) is 2.28. The van der Waals surface area contributed by atoms with Crippen LogP contribution in [0.5, 0.6) is 11.5 Å². The highest BCUT2D eigenvalue weighted by Crippen LogP contribution is 2.26. The van der Waals surface area contributed by atoms with Gasteiger partial charge in [-0.2, -0.15) is 0 Å². The lowest BCUT2D eigenvalue weighted by Gasteiger charge is -2.12. The number of rotatable bonds is 2. The first-order valence-electron chi connectivity index (χ1n) is 5.24. The highest BCUT2D eigenvalue weighted by molar-refractivity contribution is 5.36. The van der Waals surface area contributed by atoms with E-state index in [2.05, 4.69) is 6.92 Å². The van der Waals surface area contributed by atoms with Gasteiger partial charge in [-0.25, -0.2) is 0 Å². The third kappa shape index (κ3) is 2.16. The Balaban J connectivity index is 2.28. The second-order valence-corrected chi connectivity index (χ2v) is 3.90. The molecular formula is C14H14O2. The van der Waals surface area contributed by atoms with Crippen molar-refractivity contribution in [3.63, 3.8) is 0 Å². The number of phenols is 2. The van der Waals surface area contributed by atoms with Crippen molar-refractivity contribution in [2.45, 2.75) is 12.8 Å². The standard InChI is InChI=1S/C14H14O2/c1-10(11-2-6-13(15)7-3-11)12-4-8-14(16)9-5-12/h2-10,15-16H,1H3/i2+1,3+1,6+1,7+1,11+1,13+1. The van der Waals surface area contributed by atoms with Crippen LogP contribution in [0.3, 0.4) is 0 Å². The fraction of sp³-hybridized carbons (Fsp3) is 0.143. The third-order valence-corrected chi connectivity index (χ3v) is 2.79. The van der Waals surface area contributed by atoms with Gasteiger partial charge in [-0.1, -0.05) is 31.2 Å². The minimum Gasteiger partial charge on any atom is -0.508 e. The summed E-state index contributed by atoms with van der Waals surface area (Å²) in [4.78, 5) is 0.